The number of hydrogen-bond acceptors (Lipinski definition) is 5. The van der Waals surface area contributed by atoms with Gasteiger partial charge in [-0.2, -0.15) is 15.6 Å². The van der Waals surface area contributed by atoms with Crippen molar-refractivity contribution in [2.45, 2.75) is 6.61 Å². The van der Waals surface area contributed by atoms with Crippen LogP contribution >= 0.6 is 11.6 Å². The van der Waals surface area contributed by atoms with Gasteiger partial charge in [0.05, 0.1) is 16.3 Å². The van der Waals surface area contributed by atoms with Crippen LogP contribution in [-0.4, -0.2) is 9.78 Å². The van der Waals surface area contributed by atoms with E-state index in [1.807, 2.05) is 24.3 Å². The molecule has 4 aromatic rings. The third-order valence-electron chi connectivity index (χ3n) is 5.05. The molecule has 0 bridgehead atoms. The summed E-state index contributed by atoms with van der Waals surface area (Å²) in [7, 11) is 0. The molecule has 0 aliphatic rings. The van der Waals surface area contributed by atoms with Crippen molar-refractivity contribution in [1.29, 1.82) is 10.5 Å². The summed E-state index contributed by atoms with van der Waals surface area (Å²) < 4.78 is 21.0. The fraction of sp³-hybridized carbons (Fsp3) is 0.0385. The first-order valence-corrected chi connectivity index (χ1v) is 10.5. The Balaban J connectivity index is 1.59. The number of nitrogens with two attached hydrogens (primary N) is 1. The zero-order chi connectivity index (χ0) is 24.1. The Kier molecular flexibility index (Phi) is 6.59. The zero-order valence-corrected chi connectivity index (χ0v) is 18.5. The number of halogens is 2. The van der Waals surface area contributed by atoms with E-state index in [1.165, 1.54) is 16.8 Å². The highest BCUT2D eigenvalue weighted by Crippen LogP contribution is 2.28. The normalized spacial score (nSPS) is 11.0. The molecule has 166 valence electrons. The molecule has 0 fully saturated rings. The lowest BCUT2D eigenvalue weighted by molar-refractivity contribution is 0.300. The van der Waals surface area contributed by atoms with Crippen LogP contribution in [0.15, 0.2) is 72.8 Å². The lowest BCUT2D eigenvalue weighted by Crippen LogP contribution is -2.02. The minimum atomic E-state index is -0.437. The molecule has 0 spiro atoms. The second kappa shape index (κ2) is 9.91. The maximum atomic E-state index is 13.9. The topological polar surface area (TPSA) is 101 Å². The summed E-state index contributed by atoms with van der Waals surface area (Å²) >= 11 is 6.03. The third kappa shape index (κ3) is 4.61. The molecule has 0 saturated carbocycles. The molecule has 0 aliphatic heterocycles. The smallest absolute Gasteiger partial charge is 0.145 e. The van der Waals surface area contributed by atoms with Crippen LogP contribution in [0.25, 0.3) is 17.3 Å². The van der Waals surface area contributed by atoms with Gasteiger partial charge in [0, 0.05) is 5.56 Å². The van der Waals surface area contributed by atoms with Gasteiger partial charge in [-0.15, -0.1) is 0 Å². The van der Waals surface area contributed by atoms with Crippen molar-refractivity contribution in [3.05, 3.63) is 106 Å². The quantitative estimate of drug-likeness (QED) is 0.362. The Morgan fingerprint density at radius 3 is 2.44 bits per heavy atom. The lowest BCUT2D eigenvalue weighted by Gasteiger charge is -2.09. The van der Waals surface area contributed by atoms with E-state index in [9.17, 15) is 14.9 Å². The molecule has 6 nitrogen and oxygen atoms in total. The number of benzene rings is 3. The highest BCUT2D eigenvalue weighted by Gasteiger charge is 2.20. The van der Waals surface area contributed by atoms with E-state index in [2.05, 4.69) is 11.2 Å². The monoisotopic (exact) mass is 469 g/mol. The number of ether oxygens (including phenoxy) is 1. The Morgan fingerprint density at radius 1 is 1.06 bits per heavy atom. The lowest BCUT2D eigenvalue weighted by atomic mass is 10.1. The Morgan fingerprint density at radius 2 is 1.79 bits per heavy atom. The average Bonchev–Trinajstić information content (AvgIpc) is 3.19. The molecule has 8 heteroatoms. The maximum absolute atomic E-state index is 13.9. The van der Waals surface area contributed by atoms with Gasteiger partial charge in [0.2, 0.25) is 0 Å². The van der Waals surface area contributed by atoms with Crippen molar-refractivity contribution in [2.75, 3.05) is 5.73 Å². The standard InChI is InChI=1S/C26H17ClFN5O/c27-23-7-4-8-24(28)22(23)16-34-20-11-9-17(10-12-20)13-18(14-29)25-21(15-30)26(31)33(32-25)19-5-2-1-3-6-19/h1-13H,16,31H2. The van der Waals surface area contributed by atoms with E-state index in [1.54, 1.807) is 48.5 Å². The third-order valence-corrected chi connectivity index (χ3v) is 5.40. The molecular weight excluding hydrogens is 453 g/mol. The predicted octanol–water partition coefficient (Wildman–Crippen LogP) is 5.76. The predicted molar refractivity (Wildman–Crippen MR) is 128 cm³/mol. The molecule has 34 heavy (non-hydrogen) atoms. The fourth-order valence-electron chi connectivity index (χ4n) is 3.30. The molecule has 4 rings (SSSR count). The van der Waals surface area contributed by atoms with E-state index in [-0.39, 0.29) is 34.8 Å². The molecule has 0 amide bonds. The summed E-state index contributed by atoms with van der Waals surface area (Å²) in [4.78, 5) is 0. The summed E-state index contributed by atoms with van der Waals surface area (Å²) in [5, 5.41) is 24.1. The summed E-state index contributed by atoms with van der Waals surface area (Å²) in [5.41, 5.74) is 8.28. The van der Waals surface area contributed by atoms with Gasteiger partial charge in [0.25, 0.3) is 0 Å². The summed E-state index contributed by atoms with van der Waals surface area (Å²) in [6, 6.07) is 24.6. The van der Waals surface area contributed by atoms with Crippen LogP contribution in [0.3, 0.4) is 0 Å². The van der Waals surface area contributed by atoms with E-state index < -0.39 is 5.82 Å². The van der Waals surface area contributed by atoms with Crippen LogP contribution < -0.4 is 10.5 Å². The minimum absolute atomic E-state index is 0.0220. The fourth-order valence-corrected chi connectivity index (χ4v) is 3.52. The zero-order valence-electron chi connectivity index (χ0n) is 17.7. The van der Waals surface area contributed by atoms with Gasteiger partial charge in [-0.05, 0) is 48.0 Å². The highest BCUT2D eigenvalue weighted by molar-refractivity contribution is 6.31. The van der Waals surface area contributed by atoms with Crippen LogP contribution in [0.4, 0.5) is 10.2 Å². The van der Waals surface area contributed by atoms with Crippen LogP contribution in [0, 0.1) is 28.5 Å². The first-order chi connectivity index (χ1) is 16.5. The Bertz CT molecular complexity index is 1430. The highest BCUT2D eigenvalue weighted by atomic mass is 35.5. The van der Waals surface area contributed by atoms with Crippen molar-refractivity contribution in [3.63, 3.8) is 0 Å². The summed E-state index contributed by atoms with van der Waals surface area (Å²) in [6.07, 6.45) is 1.61. The molecule has 0 aliphatic carbocycles. The van der Waals surface area contributed by atoms with Crippen LogP contribution in [-0.2, 0) is 6.61 Å². The van der Waals surface area contributed by atoms with Crippen molar-refractivity contribution in [3.8, 4) is 23.6 Å². The van der Waals surface area contributed by atoms with Gasteiger partial charge >= 0.3 is 0 Å². The van der Waals surface area contributed by atoms with Crippen molar-refractivity contribution < 1.29 is 9.13 Å². The number of aromatic nitrogens is 2. The van der Waals surface area contributed by atoms with E-state index in [4.69, 9.17) is 22.1 Å². The van der Waals surface area contributed by atoms with Crippen molar-refractivity contribution in [2.24, 2.45) is 0 Å². The molecule has 0 radical (unpaired) electrons. The number of rotatable bonds is 6. The number of nitriles is 2. The number of hydrogen-bond donors (Lipinski definition) is 1. The number of anilines is 1. The number of nitrogens with zero attached hydrogens (tertiary/aromatic N) is 4. The molecule has 2 N–H and O–H groups in total. The molecule has 3 aromatic carbocycles. The van der Waals surface area contributed by atoms with E-state index in [0.29, 0.717) is 22.0 Å². The minimum Gasteiger partial charge on any atom is -0.489 e. The average molecular weight is 470 g/mol. The molecule has 0 unspecified atom stereocenters. The van der Waals surface area contributed by atoms with Gasteiger partial charge in [-0.1, -0.05) is 48.0 Å². The molecule has 1 heterocycles. The van der Waals surface area contributed by atoms with Gasteiger partial charge in [-0.25, -0.2) is 9.07 Å². The number of allylic oxidation sites excluding steroid dienone is 1. The largest absolute Gasteiger partial charge is 0.489 e. The maximum Gasteiger partial charge on any atom is 0.145 e. The van der Waals surface area contributed by atoms with Gasteiger partial charge in [0.1, 0.15) is 47.4 Å². The SMILES string of the molecule is N#CC(=Cc1ccc(OCc2c(F)cccc2Cl)cc1)c1nn(-c2ccccc2)c(N)c1C#N. The summed E-state index contributed by atoms with van der Waals surface area (Å²) in [6.45, 7) is -0.0220. The molecule has 0 saturated heterocycles. The van der Waals surface area contributed by atoms with E-state index in [0.717, 1.165) is 0 Å². The molecular formula is C26H17ClFN5O. The summed E-state index contributed by atoms with van der Waals surface area (Å²) in [5.74, 6) is 0.221. The van der Waals surface area contributed by atoms with Crippen LogP contribution in [0.2, 0.25) is 5.02 Å². The number of nitrogen functional groups attached to an aromatic ring is 1. The van der Waals surface area contributed by atoms with Crippen molar-refractivity contribution in [1.82, 2.24) is 9.78 Å². The van der Waals surface area contributed by atoms with E-state index >= 15 is 0 Å². The number of para-hydroxylation sites is 1. The first-order valence-electron chi connectivity index (χ1n) is 10.1. The van der Waals surface area contributed by atoms with Gasteiger partial charge in [0.15, 0.2) is 0 Å². The first kappa shape index (κ1) is 22.6. The Labute approximate surface area is 200 Å². The Hall–Kier alpha value is -4.59. The van der Waals surface area contributed by atoms with Gasteiger partial charge in [-0.3, -0.25) is 0 Å². The van der Waals surface area contributed by atoms with Crippen molar-refractivity contribution >= 4 is 29.1 Å². The second-order valence-electron chi connectivity index (χ2n) is 7.20. The van der Waals surface area contributed by atoms with Gasteiger partial charge < -0.3 is 10.5 Å². The molecule has 0 atom stereocenters. The molecule has 1 aromatic heterocycles. The second-order valence-corrected chi connectivity index (χ2v) is 7.60. The van der Waals surface area contributed by atoms with Crippen LogP contribution in [0.1, 0.15) is 22.4 Å². The van der Waals surface area contributed by atoms with Crippen LogP contribution in [0.5, 0.6) is 5.75 Å².